The highest BCUT2D eigenvalue weighted by Crippen LogP contribution is 2.31. The normalized spacial score (nSPS) is 12.0. The number of amides is 1. The van der Waals surface area contributed by atoms with Crippen molar-refractivity contribution in [2.24, 2.45) is 5.92 Å². The third-order valence-electron chi connectivity index (χ3n) is 7.88. The van der Waals surface area contributed by atoms with Gasteiger partial charge < -0.3 is 19.3 Å². The van der Waals surface area contributed by atoms with E-state index in [4.69, 9.17) is 10.00 Å². The van der Waals surface area contributed by atoms with E-state index in [1.807, 2.05) is 109 Å². The molecule has 4 aromatic carbocycles. The molecule has 5 aromatic rings. The van der Waals surface area contributed by atoms with Crippen LogP contribution in [-0.2, 0) is 27.5 Å². The van der Waals surface area contributed by atoms with Crippen LogP contribution in [0.1, 0.15) is 29.2 Å². The average molecular weight is 610 g/mol. The topological polar surface area (TPSA) is 95.6 Å². The number of hydrogen-bond acceptors (Lipinski definition) is 5. The maximum Gasteiger partial charge on any atom is 0.312 e. The van der Waals surface area contributed by atoms with Crippen LogP contribution >= 0.6 is 0 Å². The Bertz CT molecular complexity index is 1790. The van der Waals surface area contributed by atoms with Crippen LogP contribution in [0.4, 0.5) is 0 Å². The van der Waals surface area contributed by atoms with Gasteiger partial charge >= 0.3 is 5.97 Å². The third kappa shape index (κ3) is 7.68. The fraction of sp³-hybridized carbons (Fsp3) is 0.154. The summed E-state index contributed by atoms with van der Waals surface area (Å²) in [5.74, 6) is -1.83. The van der Waals surface area contributed by atoms with Gasteiger partial charge in [-0.25, -0.2) is 0 Å². The van der Waals surface area contributed by atoms with Crippen molar-refractivity contribution in [1.29, 1.82) is 5.26 Å². The molecule has 1 heterocycles. The van der Waals surface area contributed by atoms with Gasteiger partial charge in [-0.05, 0) is 58.0 Å². The van der Waals surface area contributed by atoms with Crippen molar-refractivity contribution in [3.63, 3.8) is 0 Å². The summed E-state index contributed by atoms with van der Waals surface area (Å²) < 4.78 is 7.47. The molecule has 2 atom stereocenters. The highest BCUT2D eigenvalue weighted by molar-refractivity contribution is 5.87. The van der Waals surface area contributed by atoms with Gasteiger partial charge in [0, 0.05) is 18.9 Å². The number of benzene rings is 4. The predicted octanol–water partition coefficient (Wildman–Crippen LogP) is 7.15. The molecule has 0 aliphatic heterocycles. The van der Waals surface area contributed by atoms with Crippen molar-refractivity contribution in [1.82, 2.24) is 9.47 Å². The Morgan fingerprint density at radius 2 is 1.39 bits per heavy atom. The van der Waals surface area contributed by atoms with Gasteiger partial charge in [0.2, 0.25) is 5.91 Å². The second-order valence-corrected chi connectivity index (χ2v) is 10.9. The highest BCUT2D eigenvalue weighted by Gasteiger charge is 2.38. The molecule has 0 saturated heterocycles. The second-order valence-electron chi connectivity index (χ2n) is 10.9. The number of ether oxygens (including phenoxy) is 1. The molecule has 0 fully saturated rings. The number of nitrogens with zero attached hydrogens (tertiary/aromatic N) is 3. The maximum absolute atomic E-state index is 14.3. The fourth-order valence-electron chi connectivity index (χ4n) is 5.41. The molecule has 230 valence electrons. The zero-order chi connectivity index (χ0) is 32.3. The molecule has 7 heteroatoms. The van der Waals surface area contributed by atoms with E-state index in [0.717, 1.165) is 33.4 Å². The molecular formula is C39H35N3O4. The van der Waals surface area contributed by atoms with Crippen molar-refractivity contribution in [3.05, 3.63) is 157 Å². The first-order valence-electron chi connectivity index (χ1n) is 15.0. The van der Waals surface area contributed by atoms with Crippen LogP contribution in [-0.4, -0.2) is 33.2 Å². The largest absolute Gasteiger partial charge is 0.461 e. The van der Waals surface area contributed by atoms with Gasteiger partial charge in [0.15, 0.2) is 0 Å². The van der Waals surface area contributed by atoms with Crippen LogP contribution in [0, 0.1) is 17.2 Å². The Morgan fingerprint density at radius 1 is 0.826 bits per heavy atom. The molecule has 1 aromatic heterocycles. The molecule has 0 aliphatic rings. The lowest BCUT2D eigenvalue weighted by Crippen LogP contribution is -2.42. The van der Waals surface area contributed by atoms with E-state index in [-0.39, 0.29) is 19.6 Å². The Balaban J connectivity index is 1.45. The smallest absolute Gasteiger partial charge is 0.312 e. The second kappa shape index (κ2) is 15.3. The van der Waals surface area contributed by atoms with E-state index in [1.165, 1.54) is 4.90 Å². The van der Waals surface area contributed by atoms with Crippen molar-refractivity contribution in [2.75, 3.05) is 6.73 Å². The van der Waals surface area contributed by atoms with Crippen LogP contribution in [0.25, 0.3) is 22.3 Å². The molecule has 1 amide bonds. The lowest BCUT2D eigenvalue weighted by Gasteiger charge is -2.31. The first kappa shape index (κ1) is 31.7. The number of esters is 1. The lowest BCUT2D eigenvalue weighted by atomic mass is 9.94. The summed E-state index contributed by atoms with van der Waals surface area (Å²) in [4.78, 5) is 29.2. The van der Waals surface area contributed by atoms with E-state index in [1.54, 1.807) is 29.0 Å². The van der Waals surface area contributed by atoms with Gasteiger partial charge in [-0.2, -0.15) is 5.26 Å². The zero-order valence-corrected chi connectivity index (χ0v) is 25.4. The van der Waals surface area contributed by atoms with Crippen LogP contribution in [0.3, 0.4) is 0 Å². The van der Waals surface area contributed by atoms with Gasteiger partial charge in [0.25, 0.3) is 0 Å². The third-order valence-corrected chi connectivity index (χ3v) is 7.88. The summed E-state index contributed by atoms with van der Waals surface area (Å²) in [5, 5.41) is 19.4. The standard InChI is InChI=1S/C39H35N3O4/c1-2-9-36(39(45)46-27-31-12-7-4-8-13-31)37(38(44)42(28-43)25-30-10-5-3-6-11-30)41-23-22-35(26-41)34-20-18-33(19-21-34)32-16-14-29(24-40)15-17-32/h2-8,10-23,26,36-37,43H,1,9,25,27-28H2. The van der Waals surface area contributed by atoms with Crippen LogP contribution in [0.15, 0.2) is 140 Å². The van der Waals surface area contributed by atoms with Crippen molar-refractivity contribution in [3.8, 4) is 28.3 Å². The van der Waals surface area contributed by atoms with Crippen molar-refractivity contribution < 1.29 is 19.4 Å². The number of aliphatic hydroxyl groups is 1. The summed E-state index contributed by atoms with van der Waals surface area (Å²) in [6.07, 6.45) is 5.44. The number of nitriles is 1. The molecule has 7 nitrogen and oxygen atoms in total. The minimum Gasteiger partial charge on any atom is -0.461 e. The predicted molar refractivity (Wildman–Crippen MR) is 178 cm³/mol. The molecule has 0 saturated carbocycles. The SMILES string of the molecule is C=CCC(C(=O)OCc1ccccc1)C(C(=O)N(CO)Cc1ccccc1)n1ccc(-c2ccc(-c3ccc(C#N)cc3)cc2)c1. The first-order chi connectivity index (χ1) is 22.5. The Hall–Kier alpha value is -5.71. The first-order valence-corrected chi connectivity index (χ1v) is 15.0. The summed E-state index contributed by atoms with van der Waals surface area (Å²) in [6.45, 7) is 3.59. The highest BCUT2D eigenvalue weighted by atomic mass is 16.5. The Labute approximate surface area is 269 Å². The maximum atomic E-state index is 14.3. The van der Waals surface area contributed by atoms with E-state index in [0.29, 0.717) is 5.56 Å². The quantitative estimate of drug-likeness (QED) is 0.0869. The fourth-order valence-corrected chi connectivity index (χ4v) is 5.41. The molecule has 0 bridgehead atoms. The zero-order valence-electron chi connectivity index (χ0n) is 25.4. The van der Waals surface area contributed by atoms with E-state index in [2.05, 4.69) is 12.6 Å². The number of aromatic nitrogens is 1. The lowest BCUT2D eigenvalue weighted by molar-refractivity contribution is -0.157. The summed E-state index contributed by atoms with van der Waals surface area (Å²) in [7, 11) is 0. The Morgan fingerprint density at radius 3 is 1.96 bits per heavy atom. The number of allylic oxidation sites excluding steroid dienone is 1. The number of rotatable bonds is 13. The summed E-state index contributed by atoms with van der Waals surface area (Å²) >= 11 is 0. The minimum atomic E-state index is -0.996. The van der Waals surface area contributed by atoms with Gasteiger partial charge in [-0.1, -0.05) is 103 Å². The molecular weight excluding hydrogens is 574 g/mol. The van der Waals surface area contributed by atoms with Gasteiger partial charge in [0.05, 0.1) is 17.6 Å². The molecule has 0 spiro atoms. The van der Waals surface area contributed by atoms with Crippen LogP contribution < -0.4 is 0 Å². The van der Waals surface area contributed by atoms with E-state index in [9.17, 15) is 14.7 Å². The molecule has 46 heavy (non-hydrogen) atoms. The average Bonchev–Trinajstić information content (AvgIpc) is 3.60. The van der Waals surface area contributed by atoms with Crippen molar-refractivity contribution >= 4 is 11.9 Å². The minimum absolute atomic E-state index is 0.0739. The number of hydrogen-bond donors (Lipinski definition) is 1. The number of aliphatic hydroxyl groups excluding tert-OH is 1. The van der Waals surface area contributed by atoms with Gasteiger partial charge in [-0.3, -0.25) is 9.59 Å². The Kier molecular flexibility index (Phi) is 10.6. The van der Waals surface area contributed by atoms with Gasteiger partial charge in [-0.15, -0.1) is 6.58 Å². The number of carbonyl (C=O) groups excluding carboxylic acids is 2. The molecule has 2 unspecified atom stereocenters. The number of carbonyl (C=O) groups is 2. The van der Waals surface area contributed by atoms with E-state index < -0.39 is 30.6 Å². The van der Waals surface area contributed by atoms with Gasteiger partial charge in [0.1, 0.15) is 19.4 Å². The summed E-state index contributed by atoms with van der Waals surface area (Å²) in [5.41, 5.74) is 6.09. The van der Waals surface area contributed by atoms with Crippen LogP contribution in [0.2, 0.25) is 0 Å². The van der Waals surface area contributed by atoms with Crippen molar-refractivity contribution in [2.45, 2.75) is 25.6 Å². The van der Waals surface area contributed by atoms with E-state index >= 15 is 0 Å². The molecule has 0 radical (unpaired) electrons. The monoisotopic (exact) mass is 609 g/mol. The molecule has 0 aliphatic carbocycles. The summed E-state index contributed by atoms with van der Waals surface area (Å²) in [6, 6.07) is 37.2. The molecule has 5 rings (SSSR count). The molecule has 1 N–H and O–H groups in total. The van der Waals surface area contributed by atoms with Crippen LogP contribution in [0.5, 0.6) is 0 Å².